The summed E-state index contributed by atoms with van der Waals surface area (Å²) in [4.78, 5) is 19.0. The van der Waals surface area contributed by atoms with E-state index in [2.05, 4.69) is 152 Å². The van der Waals surface area contributed by atoms with Crippen molar-refractivity contribution < 1.29 is 95.5 Å². The molecule has 0 radical (unpaired) electrons. The molecule has 0 fully saturated rings. The smallest absolute Gasteiger partial charge is 0.335 e. The number of rotatable bonds is 53. The van der Waals surface area contributed by atoms with Gasteiger partial charge in [-0.2, -0.15) is 4.58 Å². The molecule has 3 heterocycles. The molecular weight excluding hydrogens is 1220 g/mol. The molecule has 22 nitrogen and oxygen atoms in total. The molecule has 1 aromatic heterocycles. The van der Waals surface area contributed by atoms with Crippen molar-refractivity contribution in [1.82, 2.24) is 4.73 Å². The van der Waals surface area contributed by atoms with Crippen molar-refractivity contribution in [2.75, 3.05) is 217 Å². The number of aromatic hydroxyl groups is 2. The molecule has 0 unspecified atom stereocenters. The Hall–Kier alpha value is -6.42. The summed E-state index contributed by atoms with van der Waals surface area (Å²) in [5.41, 5.74) is 7.09. The van der Waals surface area contributed by atoms with Gasteiger partial charge in [0.25, 0.3) is 0 Å². The van der Waals surface area contributed by atoms with Gasteiger partial charge in [-0.25, -0.2) is 4.79 Å². The molecule has 0 bridgehead atoms. The first-order chi connectivity index (χ1) is 46.5. The predicted octanol–water partition coefficient (Wildman–Crippen LogP) is 8.86. The van der Waals surface area contributed by atoms with Crippen molar-refractivity contribution in [3.8, 4) is 11.8 Å². The minimum Gasteiger partial charge on any atom is -0.492 e. The van der Waals surface area contributed by atoms with Gasteiger partial charge in [0.15, 0.2) is 12.3 Å². The van der Waals surface area contributed by atoms with Crippen LogP contribution in [-0.4, -0.2) is 243 Å². The molecule has 0 saturated carbocycles. The van der Waals surface area contributed by atoms with E-state index in [1.54, 1.807) is 7.11 Å². The quantitative estimate of drug-likeness (QED) is 0.0211. The van der Waals surface area contributed by atoms with Gasteiger partial charge in [-0.3, -0.25) is 0 Å². The van der Waals surface area contributed by atoms with Crippen LogP contribution in [0, 0.1) is 0 Å². The molecule has 0 saturated heterocycles. The number of carbonyl (C=O) groups is 1. The van der Waals surface area contributed by atoms with Gasteiger partial charge in [0.2, 0.25) is 17.4 Å². The zero-order chi connectivity index (χ0) is 67.0. The number of aromatic nitrogens is 1. The first-order valence-electron chi connectivity index (χ1n) is 33.1. The van der Waals surface area contributed by atoms with Crippen LogP contribution in [0.5, 0.6) is 11.8 Å². The molecule has 7 rings (SSSR count). The van der Waals surface area contributed by atoms with Gasteiger partial charge in [0, 0.05) is 60.3 Å². The van der Waals surface area contributed by atoms with Crippen LogP contribution >= 0.6 is 0 Å². The monoisotopic (exact) mass is 1320 g/mol. The maximum Gasteiger partial charge on any atom is 0.335 e. The molecule has 0 spiro atoms. The molecule has 0 atom stereocenters. The number of methoxy groups -OCH3 is 1. The third-order valence-electron chi connectivity index (χ3n) is 15.7. The van der Waals surface area contributed by atoms with Crippen LogP contribution in [0.3, 0.4) is 0 Å². The fourth-order valence-electron chi connectivity index (χ4n) is 11.1. The number of hydrogen-bond acceptors (Lipinski definition) is 20. The number of fused-ring (bicyclic) bond motifs is 6. The summed E-state index contributed by atoms with van der Waals surface area (Å²) in [5.74, 6) is -1.43. The molecule has 5 aromatic rings. The van der Waals surface area contributed by atoms with Crippen molar-refractivity contribution in [3.63, 3.8) is 0 Å². The van der Waals surface area contributed by atoms with Crippen LogP contribution < -0.4 is 9.74 Å². The number of benzene rings is 4. The molecule has 2 N–H and O–H groups in total. The van der Waals surface area contributed by atoms with Gasteiger partial charge in [0.1, 0.15) is 6.61 Å². The molecule has 4 aromatic carbocycles. The van der Waals surface area contributed by atoms with Gasteiger partial charge >= 0.3 is 5.97 Å². The van der Waals surface area contributed by atoms with Gasteiger partial charge in [-0.05, 0) is 59.2 Å². The second-order valence-corrected chi connectivity index (χ2v) is 23.1. The highest BCUT2D eigenvalue weighted by molar-refractivity contribution is 6.07. The third kappa shape index (κ3) is 25.2. The molecule has 2 aliphatic heterocycles. The second kappa shape index (κ2) is 43.7. The maximum atomic E-state index is 11.8. The van der Waals surface area contributed by atoms with E-state index in [9.17, 15) is 15.0 Å². The van der Waals surface area contributed by atoms with E-state index in [1.807, 2.05) is 0 Å². The molecule has 22 heteroatoms. The highest BCUT2D eigenvalue weighted by Gasteiger charge is 2.45. The fraction of sp³-hybridized carbons (Fsp3) is 0.534. The lowest BCUT2D eigenvalue weighted by molar-refractivity contribution is -0.442. The summed E-state index contributed by atoms with van der Waals surface area (Å²) in [6.07, 6.45) is 15.1. The van der Waals surface area contributed by atoms with Crippen LogP contribution in [0.1, 0.15) is 45.2 Å². The first kappa shape index (κ1) is 76.0. The van der Waals surface area contributed by atoms with Crippen molar-refractivity contribution >= 4 is 44.6 Å². The summed E-state index contributed by atoms with van der Waals surface area (Å²) in [6, 6.07) is 28.7. The lowest BCUT2D eigenvalue weighted by Gasteiger charge is -2.27. The average molecular weight is 1330 g/mol. The Balaban J connectivity index is 0.672. The maximum absolute atomic E-state index is 11.8. The molecular formula is C73H102N3O19+. The SMILES string of the molecule is COCCOCCOCCN1C(=CC=CC=CC=CC2=[N+](CCOCCOCCOCCOCCOCCOCCOCCOCCOCCOCCOCCOCCC(=O)On3c(O)ccc3O)c3ccc4ccccc4c3C2(C)C)C(C)(C)c2c1ccc1ccccc21. The first-order valence-corrected chi connectivity index (χ1v) is 33.1. The van der Waals surface area contributed by atoms with Crippen LogP contribution in [0.4, 0.5) is 11.4 Å². The Morgan fingerprint density at radius 3 is 1.32 bits per heavy atom. The lowest BCUT2D eigenvalue weighted by Crippen LogP contribution is -2.29. The van der Waals surface area contributed by atoms with E-state index < -0.39 is 5.97 Å². The zero-order valence-corrected chi connectivity index (χ0v) is 56.4. The number of carbonyl (C=O) groups excluding carboxylic acids is 1. The van der Waals surface area contributed by atoms with Crippen molar-refractivity contribution in [1.29, 1.82) is 0 Å². The number of allylic oxidation sites excluding steroid dienone is 8. The molecule has 95 heavy (non-hydrogen) atoms. The van der Waals surface area contributed by atoms with Crippen LogP contribution in [-0.2, 0) is 86.7 Å². The van der Waals surface area contributed by atoms with Crippen molar-refractivity contribution in [2.24, 2.45) is 0 Å². The molecule has 522 valence electrons. The molecule has 0 amide bonds. The number of nitrogens with zero attached hydrogens (tertiary/aromatic N) is 3. The Morgan fingerprint density at radius 2 is 0.832 bits per heavy atom. The summed E-state index contributed by atoms with van der Waals surface area (Å²) < 4.78 is 87.1. The average Bonchev–Trinajstić information content (AvgIpc) is 1.59. The van der Waals surface area contributed by atoms with Crippen LogP contribution in [0.15, 0.2) is 133 Å². The highest BCUT2D eigenvalue weighted by Crippen LogP contribution is 2.51. The zero-order valence-electron chi connectivity index (χ0n) is 56.4. The van der Waals surface area contributed by atoms with Crippen molar-refractivity contribution in [3.05, 3.63) is 144 Å². The second-order valence-electron chi connectivity index (χ2n) is 23.1. The number of hydrogen-bond donors (Lipinski definition) is 2. The summed E-state index contributed by atoms with van der Waals surface area (Å²) >= 11 is 0. The predicted molar refractivity (Wildman–Crippen MR) is 364 cm³/mol. The van der Waals surface area contributed by atoms with E-state index in [-0.39, 0.29) is 42.2 Å². The van der Waals surface area contributed by atoms with Gasteiger partial charge in [-0.15, -0.1) is 4.73 Å². The Morgan fingerprint density at radius 1 is 0.432 bits per heavy atom. The van der Waals surface area contributed by atoms with Gasteiger partial charge < -0.3 is 91.0 Å². The Labute approximate surface area is 560 Å². The highest BCUT2D eigenvalue weighted by atomic mass is 16.7. The van der Waals surface area contributed by atoms with E-state index in [0.717, 1.165) is 6.54 Å². The summed E-state index contributed by atoms with van der Waals surface area (Å²) in [6.45, 7) is 23.9. The van der Waals surface area contributed by atoms with Gasteiger partial charge in [-0.1, -0.05) is 98.8 Å². The topological polar surface area (TPSA) is 216 Å². The lowest BCUT2D eigenvalue weighted by atomic mass is 9.79. The summed E-state index contributed by atoms with van der Waals surface area (Å²) in [7, 11) is 1.68. The van der Waals surface area contributed by atoms with E-state index in [0.29, 0.717) is 190 Å². The molecule has 2 aliphatic rings. The Bertz CT molecular complexity index is 3150. The van der Waals surface area contributed by atoms with E-state index in [4.69, 9.17) is 75.9 Å². The minimum absolute atomic E-state index is 0.0539. The summed E-state index contributed by atoms with van der Waals surface area (Å²) in [5, 5.41) is 24.0. The van der Waals surface area contributed by atoms with E-state index >= 15 is 0 Å². The largest absolute Gasteiger partial charge is 0.492 e. The standard InChI is InChI=1S/C73H101N3O19/c1-72(2)65(74(28-31-82-36-39-84-34-33-80-5)63-23-21-59-15-11-13-17-61(59)70(63)72)19-9-7-6-8-10-20-66-73(3,4)71-62-18-14-12-16-60(62)22-24-64(71)75(66)29-32-83-37-40-86-42-44-88-46-48-90-50-52-92-54-56-94-58-57-93-55-53-91-51-49-89-47-45-87-43-41-85-38-35-81-30-27-69(79)95-76-67(77)25-26-68(76)78/h6-26H,27-58H2,1-5H3,(H-,77,78)/p+1. The number of ether oxygens (including phenoxy) is 15. The molecule has 0 aliphatic carbocycles. The minimum atomic E-state index is -0.663. The fourth-order valence-corrected chi connectivity index (χ4v) is 11.1. The van der Waals surface area contributed by atoms with Gasteiger partial charge in [0.05, 0.1) is 197 Å². The van der Waals surface area contributed by atoms with Crippen LogP contribution in [0.2, 0.25) is 0 Å². The number of anilines is 1. The third-order valence-corrected chi connectivity index (χ3v) is 15.7. The Kier molecular flexibility index (Phi) is 34.9. The van der Waals surface area contributed by atoms with Crippen molar-refractivity contribution in [2.45, 2.75) is 44.9 Å². The van der Waals surface area contributed by atoms with Crippen LogP contribution in [0.25, 0.3) is 21.5 Å². The van der Waals surface area contributed by atoms with E-state index in [1.165, 1.54) is 67.6 Å². The normalized spacial score (nSPS) is 14.8.